The van der Waals surface area contributed by atoms with Crippen molar-refractivity contribution in [2.75, 3.05) is 26.9 Å². The van der Waals surface area contributed by atoms with Gasteiger partial charge in [0, 0.05) is 32.6 Å². The highest BCUT2D eigenvalue weighted by Gasteiger charge is 2.39. The van der Waals surface area contributed by atoms with Crippen LogP contribution in [0.1, 0.15) is 25.7 Å². The highest BCUT2D eigenvalue weighted by molar-refractivity contribution is 5.76. The van der Waals surface area contributed by atoms with E-state index in [1.807, 2.05) is 0 Å². The predicted molar refractivity (Wildman–Crippen MR) is 61.5 cm³/mol. The average Bonchev–Trinajstić information content (AvgIpc) is 3.14. The van der Waals surface area contributed by atoms with E-state index >= 15 is 0 Å². The van der Waals surface area contributed by atoms with Crippen molar-refractivity contribution in [1.29, 1.82) is 0 Å². The van der Waals surface area contributed by atoms with E-state index in [-0.39, 0.29) is 12.0 Å². The zero-order valence-electron chi connectivity index (χ0n) is 10.3. The summed E-state index contributed by atoms with van der Waals surface area (Å²) in [7, 11) is 1.41. The highest BCUT2D eigenvalue weighted by atomic mass is 16.5. The largest absolute Gasteiger partial charge is 0.468 e. The molecule has 0 radical (unpaired) electrons. The molecule has 0 amide bonds. The van der Waals surface area contributed by atoms with Gasteiger partial charge in [-0.15, -0.1) is 0 Å². The minimum absolute atomic E-state index is 0.219. The molecule has 98 valence electrons. The second-order valence-corrected chi connectivity index (χ2v) is 5.06. The van der Waals surface area contributed by atoms with Crippen LogP contribution in [0.15, 0.2) is 0 Å². The lowest BCUT2D eigenvalue weighted by Crippen LogP contribution is -2.50. The molecular weight excluding hydrogens is 222 g/mol. The average molecular weight is 243 g/mol. The van der Waals surface area contributed by atoms with Gasteiger partial charge < -0.3 is 19.9 Å². The van der Waals surface area contributed by atoms with Gasteiger partial charge in [-0.25, -0.2) is 0 Å². The van der Waals surface area contributed by atoms with Crippen molar-refractivity contribution >= 4 is 5.97 Å². The number of hydrogen-bond donors (Lipinski definition) is 2. The Balaban J connectivity index is 1.83. The molecule has 17 heavy (non-hydrogen) atoms. The van der Waals surface area contributed by atoms with Crippen molar-refractivity contribution in [2.24, 2.45) is 5.92 Å². The molecule has 1 aliphatic carbocycles. The van der Waals surface area contributed by atoms with E-state index in [1.165, 1.54) is 7.11 Å². The first-order chi connectivity index (χ1) is 8.14. The van der Waals surface area contributed by atoms with Gasteiger partial charge in [-0.1, -0.05) is 0 Å². The van der Waals surface area contributed by atoms with E-state index in [2.05, 4.69) is 5.32 Å². The van der Waals surface area contributed by atoms with Crippen LogP contribution in [0.25, 0.3) is 0 Å². The number of hydrogen-bond acceptors (Lipinski definition) is 5. The van der Waals surface area contributed by atoms with Gasteiger partial charge in [0.15, 0.2) is 0 Å². The van der Waals surface area contributed by atoms with Crippen LogP contribution in [-0.2, 0) is 14.3 Å². The van der Waals surface area contributed by atoms with Gasteiger partial charge >= 0.3 is 5.97 Å². The second-order valence-electron chi connectivity index (χ2n) is 5.06. The maximum Gasteiger partial charge on any atom is 0.323 e. The smallest absolute Gasteiger partial charge is 0.323 e. The van der Waals surface area contributed by atoms with Gasteiger partial charge in [-0.3, -0.25) is 4.79 Å². The van der Waals surface area contributed by atoms with E-state index < -0.39 is 5.60 Å². The molecular formula is C12H21NO4. The first-order valence-corrected chi connectivity index (χ1v) is 6.26. The molecule has 0 aromatic rings. The number of rotatable bonds is 5. The van der Waals surface area contributed by atoms with Crippen LogP contribution < -0.4 is 5.32 Å². The maximum absolute atomic E-state index is 11.6. The molecule has 0 spiro atoms. The van der Waals surface area contributed by atoms with Crippen molar-refractivity contribution in [3.8, 4) is 0 Å². The van der Waals surface area contributed by atoms with Crippen molar-refractivity contribution in [2.45, 2.75) is 37.3 Å². The zero-order chi connectivity index (χ0) is 12.3. The monoisotopic (exact) mass is 243 g/mol. The Kier molecular flexibility index (Phi) is 4.01. The SMILES string of the molecule is COC(=O)C(NCC1(O)CCOCC1)C1CC1. The first kappa shape index (κ1) is 12.8. The zero-order valence-corrected chi connectivity index (χ0v) is 10.3. The maximum atomic E-state index is 11.6. The summed E-state index contributed by atoms with van der Waals surface area (Å²) in [5, 5.41) is 13.4. The third-order valence-corrected chi connectivity index (χ3v) is 3.62. The molecule has 1 aliphatic heterocycles. The minimum Gasteiger partial charge on any atom is -0.468 e. The lowest BCUT2D eigenvalue weighted by molar-refractivity contribution is -0.144. The number of methoxy groups -OCH3 is 1. The van der Waals surface area contributed by atoms with Crippen molar-refractivity contribution < 1.29 is 19.4 Å². The Hall–Kier alpha value is -0.650. The molecule has 0 aromatic carbocycles. The van der Waals surface area contributed by atoms with E-state index in [1.54, 1.807) is 0 Å². The summed E-state index contributed by atoms with van der Waals surface area (Å²) < 4.78 is 10.00. The second kappa shape index (κ2) is 5.33. The minimum atomic E-state index is -0.737. The summed E-state index contributed by atoms with van der Waals surface area (Å²) in [6, 6.07) is -0.258. The third-order valence-electron chi connectivity index (χ3n) is 3.62. The Bertz CT molecular complexity index is 272. The predicted octanol–water partition coefficient (Wildman–Crippen LogP) is 0.0691. The fraction of sp³-hybridized carbons (Fsp3) is 0.917. The number of carbonyl (C=O) groups is 1. The summed E-state index contributed by atoms with van der Waals surface area (Å²) >= 11 is 0. The topological polar surface area (TPSA) is 67.8 Å². The van der Waals surface area contributed by atoms with Crippen LogP contribution in [0.4, 0.5) is 0 Å². The number of carbonyl (C=O) groups excluding carboxylic acids is 1. The fourth-order valence-corrected chi connectivity index (χ4v) is 2.23. The summed E-state index contributed by atoms with van der Waals surface area (Å²) in [6.45, 7) is 1.61. The van der Waals surface area contributed by atoms with Gasteiger partial charge in [-0.05, 0) is 18.8 Å². The standard InChI is InChI=1S/C12H21NO4/c1-16-11(14)10(9-2-3-9)13-8-12(15)4-6-17-7-5-12/h9-10,13,15H,2-8H2,1H3. The number of nitrogens with one attached hydrogen (secondary N) is 1. The number of ether oxygens (including phenoxy) is 2. The van der Waals surface area contributed by atoms with E-state index in [4.69, 9.17) is 9.47 Å². The molecule has 2 N–H and O–H groups in total. The van der Waals surface area contributed by atoms with E-state index in [0.717, 1.165) is 12.8 Å². The Labute approximate surface area is 101 Å². The molecule has 0 bridgehead atoms. The Morgan fingerprint density at radius 1 is 1.53 bits per heavy atom. The van der Waals surface area contributed by atoms with Crippen molar-refractivity contribution in [3.63, 3.8) is 0 Å². The summed E-state index contributed by atoms with van der Waals surface area (Å²) in [6.07, 6.45) is 3.37. The molecule has 2 fully saturated rings. The van der Waals surface area contributed by atoms with E-state index in [0.29, 0.717) is 38.5 Å². The van der Waals surface area contributed by atoms with Gasteiger partial charge in [0.05, 0.1) is 12.7 Å². The third kappa shape index (κ3) is 3.40. The van der Waals surface area contributed by atoms with Crippen molar-refractivity contribution in [3.05, 3.63) is 0 Å². The van der Waals surface area contributed by atoms with Crippen LogP contribution in [-0.4, -0.2) is 49.6 Å². The number of aliphatic hydroxyl groups is 1. The molecule has 1 saturated heterocycles. The van der Waals surface area contributed by atoms with Crippen LogP contribution in [0.3, 0.4) is 0 Å². The molecule has 2 aliphatic rings. The Morgan fingerprint density at radius 3 is 2.71 bits per heavy atom. The van der Waals surface area contributed by atoms with Crippen LogP contribution in [0, 0.1) is 5.92 Å². The van der Waals surface area contributed by atoms with Gasteiger partial charge in [-0.2, -0.15) is 0 Å². The molecule has 5 heteroatoms. The summed E-state index contributed by atoms with van der Waals surface area (Å²) in [4.78, 5) is 11.6. The van der Waals surface area contributed by atoms with Crippen LogP contribution >= 0.6 is 0 Å². The van der Waals surface area contributed by atoms with Crippen LogP contribution in [0.5, 0.6) is 0 Å². The number of esters is 1. The molecule has 2 rings (SSSR count). The summed E-state index contributed by atoms with van der Waals surface area (Å²) in [5.41, 5.74) is -0.737. The van der Waals surface area contributed by atoms with Crippen LogP contribution in [0.2, 0.25) is 0 Å². The molecule has 1 atom stereocenters. The molecule has 0 aromatic heterocycles. The molecule has 1 unspecified atom stereocenters. The normalized spacial score (nSPS) is 25.3. The molecule has 1 saturated carbocycles. The lowest BCUT2D eigenvalue weighted by Gasteiger charge is -2.33. The molecule has 1 heterocycles. The highest BCUT2D eigenvalue weighted by Crippen LogP contribution is 2.33. The van der Waals surface area contributed by atoms with Crippen molar-refractivity contribution in [1.82, 2.24) is 5.32 Å². The summed E-state index contributed by atoms with van der Waals surface area (Å²) in [5.74, 6) is 0.161. The molecule has 5 nitrogen and oxygen atoms in total. The lowest BCUT2D eigenvalue weighted by atomic mass is 9.94. The van der Waals surface area contributed by atoms with Gasteiger partial charge in [0.25, 0.3) is 0 Å². The quantitative estimate of drug-likeness (QED) is 0.669. The van der Waals surface area contributed by atoms with E-state index in [9.17, 15) is 9.90 Å². The Morgan fingerprint density at radius 2 is 2.18 bits per heavy atom. The first-order valence-electron chi connectivity index (χ1n) is 6.26. The van der Waals surface area contributed by atoms with Gasteiger partial charge in [0.1, 0.15) is 6.04 Å². The van der Waals surface area contributed by atoms with Gasteiger partial charge in [0.2, 0.25) is 0 Å². The fourth-order valence-electron chi connectivity index (χ4n) is 2.23.